The maximum Gasteiger partial charge on any atom is 0.306 e. The Morgan fingerprint density at radius 1 is 0.250 bits per heavy atom. The van der Waals surface area contributed by atoms with Gasteiger partial charge in [0.25, 0.3) is 0 Å². The molecule has 0 amide bonds. The van der Waals surface area contributed by atoms with Gasteiger partial charge in [0.1, 0.15) is 13.2 Å². The van der Waals surface area contributed by atoms with E-state index in [1.54, 1.807) is 0 Å². The number of allylic oxidation sites excluding steroid dienone is 8. The molecule has 0 aromatic rings. The Balaban J connectivity index is 4.25. The van der Waals surface area contributed by atoms with Crippen molar-refractivity contribution in [1.29, 1.82) is 0 Å². The lowest BCUT2D eigenvalue weighted by molar-refractivity contribution is -0.167. The Morgan fingerprint density at radius 2 is 0.450 bits per heavy atom. The van der Waals surface area contributed by atoms with Gasteiger partial charge in [-0.2, -0.15) is 0 Å². The van der Waals surface area contributed by atoms with E-state index in [1.165, 1.54) is 270 Å². The van der Waals surface area contributed by atoms with E-state index in [4.69, 9.17) is 14.2 Å². The fraction of sp³-hybridized carbons (Fsp3) is 0.851. The second kappa shape index (κ2) is 68.9. The van der Waals surface area contributed by atoms with Crippen LogP contribution in [-0.2, 0) is 28.6 Å². The highest BCUT2D eigenvalue weighted by Gasteiger charge is 2.19. The van der Waals surface area contributed by atoms with E-state index in [-0.39, 0.29) is 31.1 Å². The van der Waals surface area contributed by atoms with Crippen molar-refractivity contribution >= 4 is 17.9 Å². The highest BCUT2D eigenvalue weighted by atomic mass is 16.6. The lowest BCUT2D eigenvalue weighted by atomic mass is 10.0. The number of hydrogen-bond acceptors (Lipinski definition) is 6. The smallest absolute Gasteiger partial charge is 0.306 e. The minimum Gasteiger partial charge on any atom is -0.462 e. The summed E-state index contributed by atoms with van der Waals surface area (Å²) in [6.07, 6.45) is 87.1. The molecule has 0 aliphatic rings. The van der Waals surface area contributed by atoms with Gasteiger partial charge >= 0.3 is 17.9 Å². The first-order valence-electron chi connectivity index (χ1n) is 35.6. The molecule has 6 heteroatoms. The van der Waals surface area contributed by atoms with Crippen LogP contribution >= 0.6 is 0 Å². The van der Waals surface area contributed by atoms with E-state index in [1.807, 2.05) is 0 Å². The van der Waals surface area contributed by atoms with Crippen molar-refractivity contribution in [1.82, 2.24) is 0 Å². The maximum atomic E-state index is 13.0. The summed E-state index contributed by atoms with van der Waals surface area (Å²) in [6, 6.07) is 0. The summed E-state index contributed by atoms with van der Waals surface area (Å²) in [5.41, 5.74) is 0. The van der Waals surface area contributed by atoms with Crippen LogP contribution in [0.3, 0.4) is 0 Å². The molecule has 0 aliphatic carbocycles. The average molecular weight is 1120 g/mol. The first-order valence-corrected chi connectivity index (χ1v) is 35.6. The third kappa shape index (κ3) is 66.2. The number of carbonyl (C=O) groups is 3. The molecule has 0 bridgehead atoms. The monoisotopic (exact) mass is 1120 g/mol. The molecule has 0 radical (unpaired) electrons. The normalized spacial score (nSPS) is 12.3. The minimum absolute atomic E-state index is 0.0739. The van der Waals surface area contributed by atoms with Gasteiger partial charge in [-0.3, -0.25) is 14.4 Å². The van der Waals surface area contributed by atoms with Gasteiger partial charge in [0, 0.05) is 19.3 Å². The quantitative estimate of drug-likeness (QED) is 0.0261. The van der Waals surface area contributed by atoms with Gasteiger partial charge in [0.2, 0.25) is 0 Å². The van der Waals surface area contributed by atoms with Gasteiger partial charge in [-0.1, -0.05) is 333 Å². The van der Waals surface area contributed by atoms with E-state index < -0.39 is 6.10 Å². The Morgan fingerprint density at radius 3 is 0.725 bits per heavy atom. The van der Waals surface area contributed by atoms with Crippen LogP contribution in [0.4, 0.5) is 0 Å². The number of ether oxygens (including phenoxy) is 3. The molecule has 80 heavy (non-hydrogen) atoms. The van der Waals surface area contributed by atoms with Crippen molar-refractivity contribution in [3.63, 3.8) is 0 Å². The molecule has 1 unspecified atom stereocenters. The third-order valence-electron chi connectivity index (χ3n) is 16.1. The molecule has 0 heterocycles. The van der Waals surface area contributed by atoms with Crippen LogP contribution in [0.1, 0.15) is 387 Å². The molecule has 0 aromatic heterocycles. The Hall–Kier alpha value is -2.63. The molecule has 0 aliphatic heterocycles. The van der Waals surface area contributed by atoms with Crippen molar-refractivity contribution in [2.45, 2.75) is 393 Å². The van der Waals surface area contributed by atoms with E-state index in [0.29, 0.717) is 19.3 Å². The largest absolute Gasteiger partial charge is 0.462 e. The van der Waals surface area contributed by atoms with Crippen molar-refractivity contribution < 1.29 is 28.6 Å². The second-order valence-corrected chi connectivity index (χ2v) is 24.1. The molecule has 0 N–H and O–H groups in total. The summed E-state index contributed by atoms with van der Waals surface area (Å²) >= 11 is 0. The maximum absolute atomic E-state index is 13.0. The van der Waals surface area contributed by atoms with E-state index >= 15 is 0 Å². The van der Waals surface area contributed by atoms with Crippen molar-refractivity contribution in [2.24, 2.45) is 0 Å². The molecule has 0 saturated heterocycles. The summed E-state index contributed by atoms with van der Waals surface area (Å²) in [5, 5.41) is 0. The SMILES string of the molecule is CCCCCC/C=C\CCCCCCCC(=O)OCC(COC(=O)CCCCCCCCCCCC/C=C\C/C=C\C/C=C\CCCCCCC)OC(=O)CCCCCCCCCCCCCCCCCCCCCCCCCC. The predicted octanol–water partition coefficient (Wildman–Crippen LogP) is 24.5. The third-order valence-corrected chi connectivity index (χ3v) is 16.1. The van der Waals surface area contributed by atoms with Crippen LogP contribution in [0.25, 0.3) is 0 Å². The molecular weight excluding hydrogens is 985 g/mol. The average Bonchev–Trinajstić information content (AvgIpc) is 3.46. The minimum atomic E-state index is -0.777. The van der Waals surface area contributed by atoms with Crippen LogP contribution in [0.15, 0.2) is 48.6 Å². The van der Waals surface area contributed by atoms with Crippen LogP contribution in [-0.4, -0.2) is 37.2 Å². The lowest BCUT2D eigenvalue weighted by Gasteiger charge is -2.18. The number of rotatable bonds is 66. The molecule has 0 saturated carbocycles. The number of esters is 3. The Bertz CT molecular complexity index is 1380. The molecule has 0 spiro atoms. The molecule has 0 rings (SSSR count). The molecule has 0 fully saturated rings. The second-order valence-electron chi connectivity index (χ2n) is 24.1. The van der Waals surface area contributed by atoms with Crippen LogP contribution in [0, 0.1) is 0 Å². The molecule has 0 aromatic carbocycles. The van der Waals surface area contributed by atoms with E-state index in [2.05, 4.69) is 69.4 Å². The van der Waals surface area contributed by atoms with Gasteiger partial charge in [0.05, 0.1) is 0 Å². The topological polar surface area (TPSA) is 78.9 Å². The zero-order valence-electron chi connectivity index (χ0n) is 53.9. The summed E-state index contributed by atoms with van der Waals surface area (Å²) in [4.78, 5) is 38.4. The first-order chi connectivity index (χ1) is 39.5. The highest BCUT2D eigenvalue weighted by molar-refractivity contribution is 5.71. The first kappa shape index (κ1) is 77.4. The lowest BCUT2D eigenvalue weighted by Crippen LogP contribution is -2.30. The summed E-state index contributed by atoms with van der Waals surface area (Å²) < 4.78 is 17.0. The van der Waals surface area contributed by atoms with Crippen molar-refractivity contribution in [2.75, 3.05) is 13.2 Å². The van der Waals surface area contributed by atoms with Gasteiger partial charge in [0.15, 0.2) is 6.10 Å². The van der Waals surface area contributed by atoms with Gasteiger partial charge in [-0.05, 0) is 83.5 Å². The van der Waals surface area contributed by atoms with Gasteiger partial charge < -0.3 is 14.2 Å². The van der Waals surface area contributed by atoms with E-state index in [9.17, 15) is 14.4 Å². The fourth-order valence-electron chi connectivity index (χ4n) is 10.7. The van der Waals surface area contributed by atoms with Crippen molar-refractivity contribution in [3.8, 4) is 0 Å². The number of hydrogen-bond donors (Lipinski definition) is 0. The zero-order chi connectivity index (χ0) is 57.8. The molecule has 6 nitrogen and oxygen atoms in total. The summed E-state index contributed by atoms with van der Waals surface area (Å²) in [5.74, 6) is -0.860. The van der Waals surface area contributed by atoms with Crippen molar-refractivity contribution in [3.05, 3.63) is 48.6 Å². The van der Waals surface area contributed by atoms with E-state index in [0.717, 1.165) is 77.0 Å². The summed E-state index contributed by atoms with van der Waals surface area (Å²) in [7, 11) is 0. The number of carbonyl (C=O) groups excluding carboxylic acids is 3. The molecule has 1 atom stereocenters. The number of unbranched alkanes of at least 4 members (excludes halogenated alkanes) is 47. The van der Waals surface area contributed by atoms with Crippen LogP contribution in [0.5, 0.6) is 0 Å². The Kier molecular flexibility index (Phi) is 66.6. The van der Waals surface area contributed by atoms with Gasteiger partial charge in [-0.25, -0.2) is 0 Å². The van der Waals surface area contributed by atoms with Crippen LogP contribution < -0.4 is 0 Å². The predicted molar refractivity (Wildman–Crippen MR) is 349 cm³/mol. The fourth-order valence-corrected chi connectivity index (χ4v) is 10.7. The molecular formula is C74H136O6. The molecule has 468 valence electrons. The highest BCUT2D eigenvalue weighted by Crippen LogP contribution is 2.18. The standard InChI is InChI=1S/C74H136O6/c1-4-7-10-13-16-19-22-25-27-29-31-33-35-37-39-40-42-44-46-49-52-55-58-61-64-67-73(76)79-70-71(69-78-72(75)66-63-60-57-54-51-48-24-21-18-15-12-9-6-3)80-74(77)68-65-62-59-56-53-50-47-45-43-41-38-36-34-32-30-28-26-23-20-17-14-11-8-5-2/h21-22,24-25,29,31,35,37,71H,4-20,23,26-28,30,32-34,36,38-70H2,1-3H3/b24-21-,25-22-,31-29-,37-35-. The Labute approximate surface area is 498 Å². The summed E-state index contributed by atoms with van der Waals surface area (Å²) in [6.45, 7) is 6.67. The van der Waals surface area contributed by atoms with Crippen LogP contribution in [0.2, 0.25) is 0 Å². The zero-order valence-corrected chi connectivity index (χ0v) is 53.9. The van der Waals surface area contributed by atoms with Gasteiger partial charge in [-0.15, -0.1) is 0 Å².